The van der Waals surface area contributed by atoms with E-state index in [0.717, 1.165) is 23.7 Å². The molecule has 0 aromatic heterocycles. The summed E-state index contributed by atoms with van der Waals surface area (Å²) in [5.74, 6) is 3.73. The second kappa shape index (κ2) is 4.33. The van der Waals surface area contributed by atoms with Gasteiger partial charge in [-0.15, -0.1) is 0 Å². The topological polar surface area (TPSA) is 53.1 Å². The van der Waals surface area contributed by atoms with Crippen molar-refractivity contribution in [1.29, 1.82) is 5.16 Å². The van der Waals surface area contributed by atoms with Crippen LogP contribution < -0.4 is 5.50 Å². The summed E-state index contributed by atoms with van der Waals surface area (Å²) in [5.41, 5.74) is 6.15. The van der Waals surface area contributed by atoms with Crippen LogP contribution in [0.1, 0.15) is 51.4 Å². The largest absolute Gasteiger partial charge is 0.292 e. The van der Waals surface area contributed by atoms with Crippen LogP contribution in [-0.4, -0.2) is 16.8 Å². The van der Waals surface area contributed by atoms with Crippen molar-refractivity contribution < 1.29 is 0 Å². The second-order valence-electron chi connectivity index (χ2n) is 7.28. The second-order valence-corrected chi connectivity index (χ2v) is 8.56. The lowest BCUT2D eigenvalue weighted by Crippen LogP contribution is -2.44. The SMILES string of the molecule is N=[PH](N)N(C1CC2CCC1C2)C1CC2CCC1C2. The Morgan fingerprint density at radius 1 is 0.833 bits per heavy atom. The molecule has 7 unspecified atom stereocenters. The lowest BCUT2D eigenvalue weighted by molar-refractivity contribution is 0.155. The van der Waals surface area contributed by atoms with Gasteiger partial charge in [-0.3, -0.25) is 15.3 Å². The number of hydrogen-bond acceptors (Lipinski definition) is 1. The fourth-order valence-electron chi connectivity index (χ4n) is 5.71. The highest BCUT2D eigenvalue weighted by atomic mass is 31.1. The number of nitrogens with two attached hydrogens (primary N) is 1. The van der Waals surface area contributed by atoms with Crippen LogP contribution in [0.15, 0.2) is 0 Å². The first-order valence-electron chi connectivity index (χ1n) is 7.84. The minimum absolute atomic E-state index is 0.699. The molecule has 102 valence electrons. The van der Waals surface area contributed by atoms with Gasteiger partial charge in [-0.1, -0.05) is 12.8 Å². The quantitative estimate of drug-likeness (QED) is 0.770. The van der Waals surface area contributed by atoms with Crippen LogP contribution in [-0.2, 0) is 0 Å². The predicted molar refractivity (Wildman–Crippen MR) is 75.5 cm³/mol. The van der Waals surface area contributed by atoms with E-state index in [1.807, 2.05) is 0 Å². The van der Waals surface area contributed by atoms with Crippen LogP contribution in [0.5, 0.6) is 0 Å². The molecule has 0 heterocycles. The van der Waals surface area contributed by atoms with Crippen molar-refractivity contribution in [3.8, 4) is 0 Å². The van der Waals surface area contributed by atoms with E-state index in [-0.39, 0.29) is 0 Å². The minimum atomic E-state index is -1.50. The Morgan fingerprint density at radius 2 is 1.33 bits per heavy atom. The maximum Gasteiger partial charge on any atom is 0.0764 e. The molecule has 0 aromatic rings. The summed E-state index contributed by atoms with van der Waals surface area (Å²) in [6.07, 6.45) is 11.4. The molecule has 3 N–H and O–H groups in total. The Kier molecular flexibility index (Phi) is 2.87. The van der Waals surface area contributed by atoms with Crippen molar-refractivity contribution in [1.82, 2.24) is 4.67 Å². The van der Waals surface area contributed by atoms with E-state index in [9.17, 15) is 0 Å². The first-order valence-corrected chi connectivity index (χ1v) is 9.37. The van der Waals surface area contributed by atoms with Crippen molar-refractivity contribution >= 4 is 8.01 Å². The maximum absolute atomic E-state index is 8.23. The van der Waals surface area contributed by atoms with Gasteiger partial charge in [0.1, 0.15) is 0 Å². The average molecular weight is 267 g/mol. The molecule has 4 rings (SSSR count). The highest BCUT2D eigenvalue weighted by Crippen LogP contribution is 2.55. The zero-order valence-corrected chi connectivity index (χ0v) is 12.1. The highest BCUT2D eigenvalue weighted by Gasteiger charge is 2.49. The molecule has 0 radical (unpaired) electrons. The molecule has 4 bridgehead atoms. The van der Waals surface area contributed by atoms with Crippen molar-refractivity contribution in [2.75, 3.05) is 0 Å². The average Bonchev–Trinajstić information content (AvgIpc) is 3.09. The zero-order chi connectivity index (χ0) is 12.3. The van der Waals surface area contributed by atoms with Crippen LogP contribution >= 0.6 is 8.01 Å². The van der Waals surface area contributed by atoms with Gasteiger partial charge in [-0.2, -0.15) is 0 Å². The van der Waals surface area contributed by atoms with Gasteiger partial charge < -0.3 is 0 Å². The van der Waals surface area contributed by atoms with E-state index in [2.05, 4.69) is 4.67 Å². The zero-order valence-electron chi connectivity index (χ0n) is 11.1. The van der Waals surface area contributed by atoms with E-state index >= 15 is 0 Å². The van der Waals surface area contributed by atoms with E-state index < -0.39 is 8.01 Å². The van der Waals surface area contributed by atoms with Gasteiger partial charge >= 0.3 is 0 Å². The minimum Gasteiger partial charge on any atom is -0.292 e. The number of nitrogens with one attached hydrogen (secondary N) is 1. The Morgan fingerprint density at radius 3 is 1.61 bits per heavy atom. The molecule has 4 aliphatic rings. The van der Waals surface area contributed by atoms with Crippen LogP contribution in [0.25, 0.3) is 0 Å². The molecular formula is C14H26N3P. The number of fused-ring (bicyclic) bond motifs is 4. The molecule has 4 fully saturated rings. The van der Waals surface area contributed by atoms with E-state index in [0.29, 0.717) is 12.1 Å². The van der Waals surface area contributed by atoms with Crippen LogP contribution in [0.3, 0.4) is 0 Å². The Bertz CT molecular complexity index is 344. The molecule has 4 saturated carbocycles. The van der Waals surface area contributed by atoms with E-state index in [1.165, 1.54) is 51.4 Å². The van der Waals surface area contributed by atoms with Gasteiger partial charge in [-0.25, -0.2) is 0 Å². The highest BCUT2D eigenvalue weighted by molar-refractivity contribution is 7.40. The monoisotopic (exact) mass is 267 g/mol. The van der Waals surface area contributed by atoms with Gasteiger partial charge in [0.05, 0.1) is 8.01 Å². The van der Waals surface area contributed by atoms with Crippen molar-refractivity contribution in [3.05, 3.63) is 0 Å². The molecular weight excluding hydrogens is 241 g/mol. The van der Waals surface area contributed by atoms with E-state index in [1.54, 1.807) is 0 Å². The summed E-state index contributed by atoms with van der Waals surface area (Å²) in [6.45, 7) is 0. The van der Waals surface area contributed by atoms with Crippen LogP contribution in [0, 0.1) is 28.8 Å². The fraction of sp³-hybridized carbons (Fsp3) is 1.00. The normalized spacial score (nSPS) is 51.4. The number of nitrogens with zero attached hydrogens (tertiary/aromatic N) is 1. The third-order valence-corrected chi connectivity index (χ3v) is 7.61. The van der Waals surface area contributed by atoms with Gasteiger partial charge in [0.25, 0.3) is 0 Å². The molecule has 18 heavy (non-hydrogen) atoms. The molecule has 0 spiro atoms. The van der Waals surface area contributed by atoms with Crippen LogP contribution in [0.4, 0.5) is 0 Å². The fourth-order valence-corrected chi connectivity index (χ4v) is 7.05. The maximum atomic E-state index is 8.23. The third kappa shape index (κ3) is 1.74. The van der Waals surface area contributed by atoms with Crippen LogP contribution in [0.2, 0.25) is 0 Å². The molecule has 0 amide bonds. The molecule has 3 nitrogen and oxygen atoms in total. The summed E-state index contributed by atoms with van der Waals surface area (Å²) in [4.78, 5) is 0. The first kappa shape index (κ1) is 11.9. The standard InChI is InChI=1S/C14H26N3P/c15-18(16)17(13-7-9-1-3-11(13)5-9)14-8-10-2-4-12(14)6-10/h9-14,18H,1-8H2,(H3,15,16). The summed E-state index contributed by atoms with van der Waals surface area (Å²) in [6, 6.07) is 1.40. The van der Waals surface area contributed by atoms with Gasteiger partial charge in [-0.05, 0) is 62.2 Å². The summed E-state index contributed by atoms with van der Waals surface area (Å²) in [5, 5.41) is 8.23. The van der Waals surface area contributed by atoms with Crippen molar-refractivity contribution in [3.63, 3.8) is 0 Å². The first-order chi connectivity index (χ1) is 8.72. The van der Waals surface area contributed by atoms with Crippen molar-refractivity contribution in [2.45, 2.75) is 63.5 Å². The molecule has 0 aromatic carbocycles. The summed E-state index contributed by atoms with van der Waals surface area (Å²) >= 11 is 0. The molecule has 4 aliphatic carbocycles. The third-order valence-electron chi connectivity index (χ3n) is 6.39. The van der Waals surface area contributed by atoms with Gasteiger partial charge in [0.2, 0.25) is 0 Å². The predicted octanol–water partition coefficient (Wildman–Crippen LogP) is 3.43. The molecule has 7 atom stereocenters. The van der Waals surface area contributed by atoms with E-state index in [4.69, 9.17) is 10.7 Å². The molecule has 0 saturated heterocycles. The number of hydrogen-bond donors (Lipinski definition) is 2. The molecule has 4 heteroatoms. The Hall–Kier alpha value is 0.150. The Balaban J connectivity index is 1.56. The summed E-state index contributed by atoms with van der Waals surface area (Å²) < 4.78 is 2.55. The van der Waals surface area contributed by atoms with Crippen molar-refractivity contribution in [2.24, 2.45) is 29.2 Å². The lowest BCUT2D eigenvalue weighted by atomic mass is 9.90. The Labute approximate surface area is 111 Å². The van der Waals surface area contributed by atoms with Gasteiger partial charge in [0, 0.05) is 12.1 Å². The molecule has 0 aliphatic heterocycles. The van der Waals surface area contributed by atoms with Gasteiger partial charge in [0.15, 0.2) is 0 Å². The number of rotatable bonds is 3. The lowest BCUT2D eigenvalue weighted by Gasteiger charge is -2.41. The smallest absolute Gasteiger partial charge is 0.0764 e. The summed E-state index contributed by atoms with van der Waals surface area (Å²) in [7, 11) is -1.50.